The molecule has 2 aromatic rings. The molecule has 1 aliphatic rings. The number of nitrogens with two attached hydrogens (primary N) is 1. The Kier molecular flexibility index (Phi) is 4.36. The highest BCUT2D eigenvalue weighted by molar-refractivity contribution is 7.12. The van der Waals surface area contributed by atoms with Gasteiger partial charge in [-0.05, 0) is 36.3 Å². The van der Waals surface area contributed by atoms with Gasteiger partial charge in [0.05, 0.1) is 6.54 Å². The number of thiophene rings is 1. The third-order valence-corrected chi connectivity index (χ3v) is 5.45. The van der Waals surface area contributed by atoms with Gasteiger partial charge in [-0.1, -0.05) is 13.8 Å². The van der Waals surface area contributed by atoms with Crippen LogP contribution in [0.1, 0.15) is 56.6 Å². The smallest absolute Gasteiger partial charge is 0.272 e. The molecule has 0 saturated carbocycles. The number of hydrogen-bond acceptors (Lipinski definition) is 5. The predicted molar refractivity (Wildman–Crippen MR) is 91.8 cm³/mol. The summed E-state index contributed by atoms with van der Waals surface area (Å²) in [6.45, 7) is 4.98. The minimum Gasteiger partial charge on any atom is -0.364 e. The summed E-state index contributed by atoms with van der Waals surface area (Å²) in [5, 5.41) is 2.80. The Bertz CT molecular complexity index is 798. The van der Waals surface area contributed by atoms with E-state index in [1.54, 1.807) is 11.3 Å². The molecule has 0 fully saturated rings. The summed E-state index contributed by atoms with van der Waals surface area (Å²) in [6, 6.07) is 2.17. The summed E-state index contributed by atoms with van der Waals surface area (Å²) in [4.78, 5) is 33.9. The van der Waals surface area contributed by atoms with Crippen LogP contribution in [-0.4, -0.2) is 21.8 Å². The maximum Gasteiger partial charge on any atom is 0.272 e. The Morgan fingerprint density at radius 2 is 2.00 bits per heavy atom. The summed E-state index contributed by atoms with van der Waals surface area (Å²) in [6.07, 6.45) is 6.06. The first-order valence-corrected chi connectivity index (χ1v) is 8.67. The molecule has 1 aliphatic carbocycles. The molecule has 0 aromatic carbocycles. The van der Waals surface area contributed by atoms with Gasteiger partial charge in [0.2, 0.25) is 0 Å². The molecule has 3 rings (SSSR count). The second-order valence-corrected chi connectivity index (χ2v) is 8.02. The van der Waals surface area contributed by atoms with Crippen LogP contribution in [-0.2, 0) is 19.4 Å². The van der Waals surface area contributed by atoms with Crippen LogP contribution in [0.4, 0.5) is 0 Å². The highest BCUT2D eigenvalue weighted by Crippen LogP contribution is 2.38. The fraction of sp³-hybridized carbons (Fsp3) is 0.412. The van der Waals surface area contributed by atoms with Crippen molar-refractivity contribution >= 4 is 23.2 Å². The van der Waals surface area contributed by atoms with E-state index in [0.717, 1.165) is 17.7 Å². The van der Waals surface area contributed by atoms with Gasteiger partial charge in [-0.3, -0.25) is 9.59 Å². The highest BCUT2D eigenvalue weighted by Gasteiger charge is 2.27. The van der Waals surface area contributed by atoms with Crippen molar-refractivity contribution in [2.75, 3.05) is 0 Å². The SMILES string of the molecule is CC1(C)CCc2sc(CNC(=O)c3nccnc3C(N)=O)cc2C1. The molecule has 0 atom stereocenters. The average Bonchev–Trinajstić information content (AvgIpc) is 2.93. The van der Waals surface area contributed by atoms with Crippen molar-refractivity contribution in [1.82, 2.24) is 15.3 Å². The lowest BCUT2D eigenvalue weighted by atomic mass is 9.77. The maximum atomic E-state index is 12.3. The number of amides is 2. The van der Waals surface area contributed by atoms with E-state index in [9.17, 15) is 9.59 Å². The zero-order chi connectivity index (χ0) is 17.3. The van der Waals surface area contributed by atoms with Crippen molar-refractivity contribution < 1.29 is 9.59 Å². The molecule has 0 spiro atoms. The molecule has 7 heteroatoms. The lowest BCUT2D eigenvalue weighted by molar-refractivity contribution is 0.0926. The van der Waals surface area contributed by atoms with Gasteiger partial charge >= 0.3 is 0 Å². The summed E-state index contributed by atoms with van der Waals surface area (Å²) in [5.74, 6) is -1.20. The van der Waals surface area contributed by atoms with E-state index in [1.807, 2.05) is 0 Å². The number of nitrogens with one attached hydrogen (secondary N) is 1. The lowest BCUT2D eigenvalue weighted by Crippen LogP contribution is -2.28. The molecule has 0 bridgehead atoms. The minimum absolute atomic E-state index is 0.0348. The summed E-state index contributed by atoms with van der Waals surface area (Å²) in [5.41, 5.74) is 6.81. The topological polar surface area (TPSA) is 98.0 Å². The third-order valence-electron chi connectivity index (χ3n) is 4.22. The van der Waals surface area contributed by atoms with Gasteiger partial charge in [0.25, 0.3) is 11.8 Å². The van der Waals surface area contributed by atoms with Gasteiger partial charge in [-0.2, -0.15) is 0 Å². The molecule has 2 amide bonds. The first kappa shape index (κ1) is 16.6. The predicted octanol–water partition coefficient (Wildman–Crippen LogP) is 2.08. The maximum absolute atomic E-state index is 12.3. The lowest BCUT2D eigenvalue weighted by Gasteiger charge is -2.29. The average molecular weight is 344 g/mol. The van der Waals surface area contributed by atoms with Gasteiger partial charge in [-0.15, -0.1) is 11.3 Å². The zero-order valence-electron chi connectivity index (χ0n) is 13.8. The van der Waals surface area contributed by atoms with Gasteiger partial charge in [0, 0.05) is 22.1 Å². The van der Waals surface area contributed by atoms with Gasteiger partial charge in [-0.25, -0.2) is 9.97 Å². The second kappa shape index (κ2) is 6.32. The molecule has 6 nitrogen and oxygen atoms in total. The second-order valence-electron chi connectivity index (χ2n) is 6.80. The number of carbonyl (C=O) groups is 2. The summed E-state index contributed by atoms with van der Waals surface area (Å²) >= 11 is 1.74. The summed E-state index contributed by atoms with van der Waals surface area (Å²) in [7, 11) is 0. The van der Waals surface area contributed by atoms with Crippen molar-refractivity contribution in [3.8, 4) is 0 Å². The molecule has 3 N–H and O–H groups in total. The quantitative estimate of drug-likeness (QED) is 0.887. The van der Waals surface area contributed by atoms with E-state index >= 15 is 0 Å². The van der Waals surface area contributed by atoms with Crippen molar-refractivity contribution in [3.63, 3.8) is 0 Å². The van der Waals surface area contributed by atoms with Crippen LogP contribution in [0.15, 0.2) is 18.5 Å². The standard InChI is InChI=1S/C17H20N4O2S/c1-17(2)4-3-12-10(8-17)7-11(24-12)9-21-16(23)14-13(15(18)22)19-5-6-20-14/h5-7H,3-4,8-9H2,1-2H3,(H2,18,22)(H,21,23). The van der Waals surface area contributed by atoms with Crippen LogP contribution in [0.5, 0.6) is 0 Å². The number of hydrogen-bond donors (Lipinski definition) is 2. The fourth-order valence-corrected chi connectivity index (χ4v) is 4.10. The molecule has 0 radical (unpaired) electrons. The molecule has 0 unspecified atom stereocenters. The minimum atomic E-state index is -0.762. The Balaban J connectivity index is 1.70. The molecule has 24 heavy (non-hydrogen) atoms. The van der Waals surface area contributed by atoms with Crippen molar-refractivity contribution in [3.05, 3.63) is 45.2 Å². The number of rotatable bonds is 4. The van der Waals surface area contributed by atoms with E-state index in [1.165, 1.54) is 29.3 Å². The van der Waals surface area contributed by atoms with Crippen molar-refractivity contribution in [2.45, 2.75) is 39.7 Å². The Morgan fingerprint density at radius 1 is 1.29 bits per heavy atom. The van der Waals surface area contributed by atoms with Crippen LogP contribution in [0, 0.1) is 5.41 Å². The zero-order valence-corrected chi connectivity index (χ0v) is 14.6. The van der Waals surface area contributed by atoms with E-state index in [2.05, 4.69) is 35.2 Å². The number of primary amides is 1. The number of nitrogens with zero attached hydrogens (tertiary/aromatic N) is 2. The van der Waals surface area contributed by atoms with Crippen LogP contribution >= 0.6 is 11.3 Å². The molecule has 0 saturated heterocycles. The molecule has 126 valence electrons. The molecule has 0 aliphatic heterocycles. The number of fused-ring (bicyclic) bond motifs is 1. The first-order chi connectivity index (χ1) is 11.4. The van der Waals surface area contributed by atoms with E-state index in [4.69, 9.17) is 5.73 Å². The van der Waals surface area contributed by atoms with Crippen LogP contribution in [0.25, 0.3) is 0 Å². The van der Waals surface area contributed by atoms with Gasteiger partial charge in [0.1, 0.15) is 0 Å². The van der Waals surface area contributed by atoms with Crippen molar-refractivity contribution in [2.24, 2.45) is 11.1 Å². The Labute approximate surface area is 144 Å². The molecule has 2 aromatic heterocycles. The van der Waals surface area contributed by atoms with E-state index in [-0.39, 0.29) is 11.4 Å². The Hall–Kier alpha value is -2.28. The molecular formula is C17H20N4O2S. The number of carbonyl (C=O) groups excluding carboxylic acids is 2. The van der Waals surface area contributed by atoms with Gasteiger partial charge in [0.15, 0.2) is 11.4 Å². The number of aryl methyl sites for hydroxylation is 1. The van der Waals surface area contributed by atoms with Crippen molar-refractivity contribution in [1.29, 1.82) is 0 Å². The fourth-order valence-electron chi connectivity index (χ4n) is 2.97. The van der Waals surface area contributed by atoms with Crippen LogP contribution < -0.4 is 11.1 Å². The highest BCUT2D eigenvalue weighted by atomic mass is 32.1. The van der Waals surface area contributed by atoms with Crippen LogP contribution in [0.2, 0.25) is 0 Å². The van der Waals surface area contributed by atoms with E-state index in [0.29, 0.717) is 12.0 Å². The summed E-state index contributed by atoms with van der Waals surface area (Å²) < 4.78 is 0. The monoisotopic (exact) mass is 344 g/mol. The largest absolute Gasteiger partial charge is 0.364 e. The van der Waals surface area contributed by atoms with Gasteiger partial charge < -0.3 is 11.1 Å². The van der Waals surface area contributed by atoms with E-state index < -0.39 is 11.8 Å². The van der Waals surface area contributed by atoms with Crippen LogP contribution in [0.3, 0.4) is 0 Å². The third kappa shape index (κ3) is 3.46. The normalized spacial score (nSPS) is 15.6. The molecule has 2 heterocycles. The molecular weight excluding hydrogens is 324 g/mol. The first-order valence-electron chi connectivity index (χ1n) is 7.85. The Morgan fingerprint density at radius 3 is 2.71 bits per heavy atom. The number of aromatic nitrogens is 2.